The van der Waals surface area contributed by atoms with E-state index in [1.165, 1.54) is 102 Å². The van der Waals surface area contributed by atoms with E-state index in [1.807, 2.05) is 0 Å². The summed E-state index contributed by atoms with van der Waals surface area (Å²) in [6.45, 7) is 9.24. The molecule has 0 nitrogen and oxygen atoms in total. The van der Waals surface area contributed by atoms with Crippen molar-refractivity contribution in [3.8, 4) is 0 Å². The average Bonchev–Trinajstić information content (AvgIpc) is 2.70. The summed E-state index contributed by atoms with van der Waals surface area (Å²) in [7, 11) is 0.0559. The lowest BCUT2D eigenvalue weighted by atomic mass is 10.0. The first-order valence-electron chi connectivity index (χ1n) is 12.1. The molecule has 0 unspecified atom stereocenters. The van der Waals surface area contributed by atoms with Gasteiger partial charge >= 0.3 is 0 Å². The molecule has 1 rings (SSSR count). The Morgan fingerprint density at radius 1 is 0.556 bits per heavy atom. The lowest BCUT2D eigenvalue weighted by molar-refractivity contribution is 0.622. The lowest BCUT2D eigenvalue weighted by Gasteiger charge is -2.20. The molecule has 0 radical (unpaired) electrons. The van der Waals surface area contributed by atoms with Crippen molar-refractivity contribution in [1.82, 2.24) is 0 Å². The van der Waals surface area contributed by atoms with Crippen molar-refractivity contribution in [3.05, 3.63) is 29.3 Å². The van der Waals surface area contributed by atoms with Gasteiger partial charge in [-0.25, -0.2) is 0 Å². The molecule has 0 aromatic heterocycles. The second-order valence-corrected chi connectivity index (χ2v) is 10.7. The highest BCUT2D eigenvalue weighted by atomic mass is 31.1. The van der Waals surface area contributed by atoms with Crippen molar-refractivity contribution in [1.29, 1.82) is 0 Å². The van der Waals surface area contributed by atoms with Crippen LogP contribution in [0.2, 0.25) is 0 Å². The molecule has 0 N–H and O–H groups in total. The van der Waals surface area contributed by atoms with Gasteiger partial charge in [-0.2, -0.15) is 0 Å². The highest BCUT2D eigenvalue weighted by Gasteiger charge is 2.12. The van der Waals surface area contributed by atoms with Crippen LogP contribution in [0.5, 0.6) is 0 Å². The van der Waals surface area contributed by atoms with Gasteiger partial charge in [-0.1, -0.05) is 118 Å². The van der Waals surface area contributed by atoms with Gasteiger partial charge < -0.3 is 0 Å². The molecule has 0 aliphatic heterocycles. The molecule has 0 saturated heterocycles. The number of hydrogen-bond donors (Lipinski definition) is 0. The summed E-state index contributed by atoms with van der Waals surface area (Å²) in [4.78, 5) is 0. The highest BCUT2D eigenvalue weighted by molar-refractivity contribution is 7.65. The van der Waals surface area contributed by atoms with Gasteiger partial charge in [-0.3, -0.25) is 0 Å². The van der Waals surface area contributed by atoms with Crippen molar-refractivity contribution in [2.45, 2.75) is 118 Å². The topological polar surface area (TPSA) is 0 Å². The predicted molar refractivity (Wildman–Crippen MR) is 128 cm³/mol. The van der Waals surface area contributed by atoms with Crippen LogP contribution in [0.4, 0.5) is 0 Å². The van der Waals surface area contributed by atoms with Crippen LogP contribution in [0.1, 0.15) is 116 Å². The minimum Gasteiger partial charge on any atom is -0.0753 e. The van der Waals surface area contributed by atoms with Crippen LogP contribution >= 0.6 is 7.92 Å². The molecule has 27 heavy (non-hydrogen) atoms. The van der Waals surface area contributed by atoms with E-state index < -0.39 is 0 Å². The maximum Gasteiger partial charge on any atom is -0.0237 e. The summed E-state index contributed by atoms with van der Waals surface area (Å²) in [6.07, 6.45) is 22.4. The van der Waals surface area contributed by atoms with E-state index in [0.29, 0.717) is 0 Å². The summed E-state index contributed by atoms with van der Waals surface area (Å²) in [5, 5.41) is 1.70. The van der Waals surface area contributed by atoms with Crippen molar-refractivity contribution in [3.63, 3.8) is 0 Å². The fourth-order valence-corrected chi connectivity index (χ4v) is 6.59. The summed E-state index contributed by atoms with van der Waals surface area (Å²) in [5.74, 6) is 0. The van der Waals surface area contributed by atoms with Gasteiger partial charge in [0.05, 0.1) is 0 Å². The summed E-state index contributed by atoms with van der Waals surface area (Å²) in [6, 6.07) is 7.50. The largest absolute Gasteiger partial charge is 0.0753 e. The number of rotatable bonds is 17. The molecular formula is C26H47P. The SMILES string of the molecule is CCCCCCCCP(CCCCCCCC)c1ccc(CC)c(CC)c1. The second-order valence-electron chi connectivity index (χ2n) is 8.18. The third-order valence-electron chi connectivity index (χ3n) is 5.88. The Hall–Kier alpha value is -0.350. The molecule has 0 saturated carbocycles. The van der Waals surface area contributed by atoms with Crippen LogP contribution in [0, 0.1) is 0 Å². The Kier molecular flexibility index (Phi) is 15.2. The van der Waals surface area contributed by atoms with E-state index in [0.717, 1.165) is 0 Å². The number of aryl methyl sites for hydroxylation is 2. The maximum atomic E-state index is 2.58. The molecule has 156 valence electrons. The van der Waals surface area contributed by atoms with Gasteiger partial charge in [0.25, 0.3) is 0 Å². The summed E-state index contributed by atoms with van der Waals surface area (Å²) in [5.41, 5.74) is 3.17. The first-order chi connectivity index (χ1) is 13.3. The van der Waals surface area contributed by atoms with E-state index in [9.17, 15) is 0 Å². The third kappa shape index (κ3) is 10.7. The normalized spacial score (nSPS) is 11.4. The van der Waals surface area contributed by atoms with Crippen LogP contribution in [-0.2, 0) is 12.8 Å². The van der Waals surface area contributed by atoms with Crippen molar-refractivity contribution < 1.29 is 0 Å². The maximum absolute atomic E-state index is 2.58. The van der Waals surface area contributed by atoms with E-state index in [2.05, 4.69) is 45.9 Å². The quantitative estimate of drug-likeness (QED) is 0.184. The number of benzene rings is 1. The molecule has 1 aromatic carbocycles. The minimum absolute atomic E-state index is 0.0559. The van der Waals surface area contributed by atoms with Crippen LogP contribution in [0.25, 0.3) is 0 Å². The lowest BCUT2D eigenvalue weighted by Crippen LogP contribution is -2.09. The smallest absolute Gasteiger partial charge is 0.0237 e. The van der Waals surface area contributed by atoms with E-state index >= 15 is 0 Å². The molecule has 0 fully saturated rings. The molecule has 0 aliphatic carbocycles. The zero-order valence-corrected chi connectivity index (χ0v) is 19.9. The van der Waals surface area contributed by atoms with Crippen LogP contribution < -0.4 is 5.30 Å². The molecule has 0 aliphatic rings. The van der Waals surface area contributed by atoms with Crippen LogP contribution in [-0.4, -0.2) is 12.3 Å². The third-order valence-corrected chi connectivity index (χ3v) is 8.60. The highest BCUT2D eigenvalue weighted by Crippen LogP contribution is 2.38. The number of unbranched alkanes of at least 4 members (excludes halogenated alkanes) is 10. The van der Waals surface area contributed by atoms with Crippen LogP contribution in [0.15, 0.2) is 18.2 Å². The standard InChI is InChI=1S/C26H47P/c1-5-9-11-13-15-17-21-27(22-18-16-14-12-10-6-2)26-20-19-24(7-3)25(8-4)23-26/h19-20,23H,5-18,21-22H2,1-4H3. The van der Waals surface area contributed by atoms with Gasteiger partial charge in [0.1, 0.15) is 0 Å². The first kappa shape index (κ1) is 24.7. The van der Waals surface area contributed by atoms with Crippen molar-refractivity contribution in [2.24, 2.45) is 0 Å². The van der Waals surface area contributed by atoms with Gasteiger partial charge in [-0.05, 0) is 54.4 Å². The summed E-state index contributed by atoms with van der Waals surface area (Å²) < 4.78 is 0. The molecule has 0 atom stereocenters. The monoisotopic (exact) mass is 390 g/mol. The molecule has 0 heterocycles. The fraction of sp³-hybridized carbons (Fsp3) is 0.769. The second kappa shape index (κ2) is 16.6. The Labute approximate surface area is 172 Å². The molecule has 0 amide bonds. The summed E-state index contributed by atoms with van der Waals surface area (Å²) >= 11 is 0. The minimum atomic E-state index is 0.0559. The number of hydrogen-bond acceptors (Lipinski definition) is 0. The Morgan fingerprint density at radius 3 is 1.52 bits per heavy atom. The predicted octanol–water partition coefficient (Wildman–Crippen LogP) is 8.64. The fourth-order valence-electron chi connectivity index (χ4n) is 4.02. The molecule has 1 heteroatoms. The molecule has 0 spiro atoms. The molecular weight excluding hydrogens is 343 g/mol. The van der Waals surface area contributed by atoms with Crippen molar-refractivity contribution in [2.75, 3.05) is 12.3 Å². The Balaban J connectivity index is 2.58. The van der Waals surface area contributed by atoms with Crippen LogP contribution in [0.3, 0.4) is 0 Å². The Bertz CT molecular complexity index is 449. The zero-order chi connectivity index (χ0) is 19.7. The van der Waals surface area contributed by atoms with Gasteiger partial charge in [0.15, 0.2) is 0 Å². The first-order valence-corrected chi connectivity index (χ1v) is 13.8. The zero-order valence-electron chi connectivity index (χ0n) is 19.0. The van der Waals surface area contributed by atoms with E-state index in [1.54, 1.807) is 16.4 Å². The Morgan fingerprint density at radius 2 is 1.04 bits per heavy atom. The van der Waals surface area contributed by atoms with E-state index in [4.69, 9.17) is 0 Å². The van der Waals surface area contributed by atoms with Crippen molar-refractivity contribution >= 4 is 13.2 Å². The van der Waals surface area contributed by atoms with Gasteiger partial charge in [0, 0.05) is 0 Å². The average molecular weight is 391 g/mol. The molecule has 1 aromatic rings. The van der Waals surface area contributed by atoms with Gasteiger partial charge in [-0.15, -0.1) is 0 Å². The molecule has 0 bridgehead atoms. The van der Waals surface area contributed by atoms with Gasteiger partial charge in [0.2, 0.25) is 0 Å². The van der Waals surface area contributed by atoms with E-state index in [-0.39, 0.29) is 7.92 Å².